The second-order valence-corrected chi connectivity index (χ2v) is 10.6. The van der Waals surface area contributed by atoms with Crippen LogP contribution in [-0.4, -0.2) is 43.4 Å². The van der Waals surface area contributed by atoms with Crippen LogP contribution in [-0.2, 0) is 20.2 Å². The minimum Gasteiger partial charge on any atom is -0.282 e. The SMILES string of the molecule is Cc1cc(S(=O)(=O)O)cc(C)c1/N=C/c1cccc(/C=N/c2c(C)cc(S(=O)(=O)O)cc2C)n1. The Balaban J connectivity index is 1.88. The Morgan fingerprint density at radius 3 is 1.29 bits per heavy atom. The first kappa shape index (κ1) is 25.4. The maximum Gasteiger partial charge on any atom is 0.294 e. The van der Waals surface area contributed by atoms with E-state index < -0.39 is 20.2 Å². The molecule has 0 aliphatic heterocycles. The molecular formula is C23H23N3O6S2. The molecule has 1 aromatic heterocycles. The first-order chi connectivity index (χ1) is 15.8. The fraction of sp³-hybridized carbons (Fsp3) is 0.174. The van der Waals surface area contributed by atoms with E-state index in [9.17, 15) is 25.9 Å². The van der Waals surface area contributed by atoms with E-state index in [4.69, 9.17) is 0 Å². The van der Waals surface area contributed by atoms with Crippen molar-refractivity contribution in [3.63, 3.8) is 0 Å². The summed E-state index contributed by atoms with van der Waals surface area (Å²) in [4.78, 5) is 13.0. The molecule has 11 heteroatoms. The number of pyridine rings is 1. The molecule has 0 radical (unpaired) electrons. The van der Waals surface area contributed by atoms with Crippen LogP contribution in [0.2, 0.25) is 0 Å². The quantitative estimate of drug-likeness (QED) is 0.378. The third-order valence-electron chi connectivity index (χ3n) is 4.97. The van der Waals surface area contributed by atoms with E-state index in [-0.39, 0.29) is 9.79 Å². The van der Waals surface area contributed by atoms with Crippen LogP contribution in [0.5, 0.6) is 0 Å². The summed E-state index contributed by atoms with van der Waals surface area (Å²) in [6.07, 6.45) is 3.08. The maximum absolute atomic E-state index is 11.4. The van der Waals surface area contributed by atoms with Crippen molar-refractivity contribution < 1.29 is 25.9 Å². The van der Waals surface area contributed by atoms with Crippen molar-refractivity contribution in [2.24, 2.45) is 9.98 Å². The standard InChI is InChI=1S/C23H23N3O6S2/c1-14-8-20(33(27,28)29)9-15(2)22(14)24-12-18-6-5-7-19(26-18)13-25-23-16(3)10-21(11-17(23)4)34(30,31)32/h5-13H,1-4H3,(H,27,28,29)(H,30,31,32)/b24-12+,25-13+. The van der Waals surface area contributed by atoms with E-state index >= 15 is 0 Å². The van der Waals surface area contributed by atoms with Gasteiger partial charge in [-0.1, -0.05) is 6.07 Å². The molecule has 34 heavy (non-hydrogen) atoms. The molecule has 9 nitrogen and oxygen atoms in total. The van der Waals surface area contributed by atoms with Gasteiger partial charge in [-0.05, 0) is 86.3 Å². The number of nitrogens with zero attached hydrogens (tertiary/aromatic N) is 3. The van der Waals surface area contributed by atoms with Crippen molar-refractivity contribution in [3.8, 4) is 0 Å². The molecule has 0 aliphatic rings. The summed E-state index contributed by atoms with van der Waals surface area (Å²) >= 11 is 0. The molecule has 2 N–H and O–H groups in total. The van der Waals surface area contributed by atoms with Gasteiger partial charge in [-0.3, -0.25) is 19.1 Å². The highest BCUT2D eigenvalue weighted by Crippen LogP contribution is 2.28. The fourth-order valence-electron chi connectivity index (χ4n) is 3.41. The summed E-state index contributed by atoms with van der Waals surface area (Å²) in [5.41, 5.74) is 4.55. The van der Waals surface area contributed by atoms with Gasteiger partial charge in [0.05, 0.1) is 45.0 Å². The number of benzene rings is 2. The molecule has 0 saturated heterocycles. The zero-order chi connectivity index (χ0) is 25.3. The fourth-order valence-corrected chi connectivity index (χ4v) is 4.71. The predicted molar refractivity (Wildman–Crippen MR) is 130 cm³/mol. The van der Waals surface area contributed by atoms with Crippen molar-refractivity contribution in [1.29, 1.82) is 0 Å². The number of aliphatic imine (C=N–C) groups is 2. The van der Waals surface area contributed by atoms with Crippen LogP contribution in [0.3, 0.4) is 0 Å². The molecule has 1 heterocycles. The van der Waals surface area contributed by atoms with Gasteiger partial charge in [0.25, 0.3) is 20.2 Å². The number of aryl methyl sites for hydroxylation is 4. The molecule has 0 aliphatic carbocycles. The lowest BCUT2D eigenvalue weighted by atomic mass is 10.1. The van der Waals surface area contributed by atoms with Gasteiger partial charge in [0.15, 0.2) is 0 Å². The summed E-state index contributed by atoms with van der Waals surface area (Å²) in [6, 6.07) is 10.7. The van der Waals surface area contributed by atoms with Gasteiger partial charge in [-0.15, -0.1) is 0 Å². The normalized spacial score (nSPS) is 12.6. The maximum atomic E-state index is 11.4. The van der Waals surface area contributed by atoms with Crippen LogP contribution in [0.25, 0.3) is 0 Å². The van der Waals surface area contributed by atoms with Gasteiger partial charge < -0.3 is 0 Å². The molecule has 0 amide bonds. The Bertz CT molecular complexity index is 1380. The number of aromatic nitrogens is 1. The second kappa shape index (κ2) is 9.55. The first-order valence-corrected chi connectivity index (χ1v) is 12.9. The molecule has 178 valence electrons. The van der Waals surface area contributed by atoms with Gasteiger partial charge in [0.1, 0.15) is 0 Å². The highest BCUT2D eigenvalue weighted by atomic mass is 32.2. The highest BCUT2D eigenvalue weighted by molar-refractivity contribution is 7.86. The van der Waals surface area contributed by atoms with Crippen molar-refractivity contribution >= 4 is 44.0 Å². The Kier molecular flexibility index (Phi) is 7.13. The van der Waals surface area contributed by atoms with Crippen molar-refractivity contribution in [2.45, 2.75) is 37.5 Å². The van der Waals surface area contributed by atoms with Crippen molar-refractivity contribution in [1.82, 2.24) is 4.98 Å². The Morgan fingerprint density at radius 1 is 0.676 bits per heavy atom. The number of rotatable bonds is 6. The molecule has 0 bridgehead atoms. The van der Waals surface area contributed by atoms with E-state index in [1.165, 1.54) is 36.7 Å². The first-order valence-electron chi connectivity index (χ1n) is 9.98. The van der Waals surface area contributed by atoms with Crippen LogP contribution >= 0.6 is 0 Å². The van der Waals surface area contributed by atoms with Crippen LogP contribution in [0.1, 0.15) is 33.6 Å². The Hall–Kier alpha value is -3.25. The van der Waals surface area contributed by atoms with Gasteiger partial charge in [-0.25, -0.2) is 4.98 Å². The number of hydrogen-bond donors (Lipinski definition) is 2. The predicted octanol–water partition coefficient (Wildman–Crippen LogP) is 4.31. The van der Waals surface area contributed by atoms with Crippen LogP contribution in [0, 0.1) is 27.7 Å². The summed E-state index contributed by atoms with van der Waals surface area (Å²) < 4.78 is 64.1. The lowest BCUT2D eigenvalue weighted by Crippen LogP contribution is -2.00. The minimum absolute atomic E-state index is 0.187. The summed E-state index contributed by atoms with van der Waals surface area (Å²) in [5.74, 6) is 0. The lowest BCUT2D eigenvalue weighted by Gasteiger charge is -2.08. The van der Waals surface area contributed by atoms with Gasteiger partial charge in [0.2, 0.25) is 0 Å². The van der Waals surface area contributed by atoms with Crippen molar-refractivity contribution in [3.05, 3.63) is 76.1 Å². The lowest BCUT2D eigenvalue weighted by molar-refractivity contribution is 0.481. The van der Waals surface area contributed by atoms with E-state index in [2.05, 4.69) is 15.0 Å². The zero-order valence-corrected chi connectivity index (χ0v) is 20.5. The topological polar surface area (TPSA) is 146 Å². The third kappa shape index (κ3) is 6.00. The highest BCUT2D eigenvalue weighted by Gasteiger charge is 2.14. The molecule has 0 saturated carbocycles. The molecule has 0 atom stereocenters. The average molecular weight is 502 g/mol. The molecule has 0 spiro atoms. The summed E-state index contributed by atoms with van der Waals surface area (Å²) in [6.45, 7) is 6.79. The van der Waals surface area contributed by atoms with E-state index in [0.717, 1.165) is 0 Å². The molecule has 0 unspecified atom stereocenters. The smallest absolute Gasteiger partial charge is 0.282 e. The Morgan fingerprint density at radius 2 is 1.00 bits per heavy atom. The molecule has 3 rings (SSSR count). The van der Waals surface area contributed by atoms with E-state index in [0.29, 0.717) is 45.0 Å². The van der Waals surface area contributed by atoms with Gasteiger partial charge >= 0.3 is 0 Å². The third-order valence-corrected chi connectivity index (χ3v) is 6.63. The second-order valence-electron chi connectivity index (χ2n) is 7.77. The molecular weight excluding hydrogens is 478 g/mol. The van der Waals surface area contributed by atoms with Crippen LogP contribution in [0.15, 0.2) is 62.2 Å². The van der Waals surface area contributed by atoms with E-state index in [1.807, 2.05) is 0 Å². The molecule has 0 fully saturated rings. The molecule has 3 aromatic rings. The van der Waals surface area contributed by atoms with Gasteiger partial charge in [-0.2, -0.15) is 16.8 Å². The minimum atomic E-state index is -4.30. The average Bonchev–Trinajstić information content (AvgIpc) is 2.71. The zero-order valence-electron chi connectivity index (χ0n) is 18.9. The van der Waals surface area contributed by atoms with Crippen LogP contribution in [0.4, 0.5) is 11.4 Å². The van der Waals surface area contributed by atoms with Crippen molar-refractivity contribution in [2.75, 3.05) is 0 Å². The number of hydrogen-bond acceptors (Lipinski definition) is 7. The van der Waals surface area contributed by atoms with Crippen LogP contribution < -0.4 is 0 Å². The van der Waals surface area contributed by atoms with Gasteiger partial charge in [0, 0.05) is 0 Å². The summed E-state index contributed by atoms with van der Waals surface area (Å²) in [7, 11) is -8.61. The largest absolute Gasteiger partial charge is 0.294 e. The van der Waals surface area contributed by atoms with E-state index in [1.54, 1.807) is 45.9 Å². The molecule has 2 aromatic carbocycles. The summed E-state index contributed by atoms with van der Waals surface area (Å²) in [5, 5.41) is 0. The monoisotopic (exact) mass is 501 g/mol. The Labute approximate surface area is 198 Å².